The number of rotatable bonds is 6. The van der Waals surface area contributed by atoms with Crippen LogP contribution in [0.25, 0.3) is 11.1 Å². The van der Waals surface area contributed by atoms with E-state index < -0.39 is 0 Å². The summed E-state index contributed by atoms with van der Waals surface area (Å²) in [5.41, 5.74) is 4.85. The molecule has 0 bridgehead atoms. The Morgan fingerprint density at radius 1 is 1.07 bits per heavy atom. The first-order valence-corrected chi connectivity index (χ1v) is 10.1. The third kappa shape index (κ3) is 4.69. The van der Waals surface area contributed by atoms with Gasteiger partial charge in [-0.15, -0.1) is 0 Å². The zero-order valence-corrected chi connectivity index (χ0v) is 15.8. The lowest BCUT2D eigenvalue weighted by Gasteiger charge is -2.22. The summed E-state index contributed by atoms with van der Waals surface area (Å²) in [6, 6.07) is 14.9. The second-order valence-electron chi connectivity index (χ2n) is 7.63. The van der Waals surface area contributed by atoms with E-state index in [4.69, 9.17) is 4.74 Å². The summed E-state index contributed by atoms with van der Waals surface area (Å²) in [5.74, 6) is 1.88. The molecule has 0 spiro atoms. The van der Waals surface area contributed by atoms with Crippen LogP contribution < -0.4 is 15.4 Å². The molecule has 0 radical (unpaired) electrons. The molecule has 4 nitrogen and oxygen atoms in total. The molecule has 1 fully saturated rings. The molecule has 4 rings (SSSR count). The lowest BCUT2D eigenvalue weighted by atomic mass is 9.93. The zero-order valence-electron chi connectivity index (χ0n) is 15.8. The van der Waals surface area contributed by atoms with E-state index in [0.717, 1.165) is 43.9 Å². The highest BCUT2D eigenvalue weighted by Gasteiger charge is 2.15. The van der Waals surface area contributed by atoms with Crippen molar-refractivity contribution in [2.75, 3.05) is 19.7 Å². The predicted octanol–water partition coefficient (Wildman–Crippen LogP) is 3.68. The van der Waals surface area contributed by atoms with Crippen LogP contribution in [0.2, 0.25) is 0 Å². The van der Waals surface area contributed by atoms with E-state index in [2.05, 4.69) is 53.1 Å². The summed E-state index contributed by atoms with van der Waals surface area (Å²) in [4.78, 5) is 12.1. The van der Waals surface area contributed by atoms with Gasteiger partial charge in [0.1, 0.15) is 5.75 Å². The summed E-state index contributed by atoms with van der Waals surface area (Å²) >= 11 is 0. The number of hydrogen-bond donors (Lipinski definition) is 2. The van der Waals surface area contributed by atoms with Crippen molar-refractivity contribution in [3.05, 3.63) is 53.6 Å². The highest BCUT2D eigenvalue weighted by Crippen LogP contribution is 2.30. The van der Waals surface area contributed by atoms with Crippen molar-refractivity contribution >= 4 is 5.91 Å². The summed E-state index contributed by atoms with van der Waals surface area (Å²) in [6.45, 7) is 3.57. The fraction of sp³-hybridized carbons (Fsp3) is 0.435. The molecule has 2 aliphatic rings. The molecule has 2 aromatic rings. The van der Waals surface area contributed by atoms with E-state index >= 15 is 0 Å². The van der Waals surface area contributed by atoms with Crippen LogP contribution >= 0.6 is 0 Å². The molecule has 2 heterocycles. The average Bonchev–Trinajstić information content (AvgIpc) is 3.20. The number of benzene rings is 2. The van der Waals surface area contributed by atoms with Crippen molar-refractivity contribution in [3.8, 4) is 16.9 Å². The number of piperidine rings is 1. The molecule has 1 saturated heterocycles. The van der Waals surface area contributed by atoms with Crippen LogP contribution in [0.3, 0.4) is 0 Å². The van der Waals surface area contributed by atoms with E-state index in [0.29, 0.717) is 18.9 Å². The van der Waals surface area contributed by atoms with E-state index in [9.17, 15) is 4.79 Å². The Balaban J connectivity index is 1.27. The van der Waals surface area contributed by atoms with Gasteiger partial charge in [-0.1, -0.05) is 30.3 Å². The fourth-order valence-electron chi connectivity index (χ4n) is 3.98. The first kappa shape index (κ1) is 18.1. The Hall–Kier alpha value is -2.33. The molecule has 142 valence electrons. The average molecular weight is 364 g/mol. The van der Waals surface area contributed by atoms with Crippen molar-refractivity contribution in [3.63, 3.8) is 0 Å². The molecule has 2 N–H and O–H groups in total. The molecule has 0 aromatic heterocycles. The first-order chi connectivity index (χ1) is 13.3. The van der Waals surface area contributed by atoms with E-state index in [-0.39, 0.29) is 5.91 Å². The lowest BCUT2D eigenvalue weighted by Crippen LogP contribution is -2.29. The Kier molecular flexibility index (Phi) is 5.73. The third-order valence-corrected chi connectivity index (χ3v) is 5.70. The predicted molar refractivity (Wildman–Crippen MR) is 108 cm³/mol. The molecule has 0 aliphatic carbocycles. The topological polar surface area (TPSA) is 50.4 Å². The molecule has 2 aromatic carbocycles. The number of ether oxygens (including phenoxy) is 1. The number of carbonyl (C=O) groups is 1. The second kappa shape index (κ2) is 8.57. The number of carbonyl (C=O) groups excluding carboxylic acids is 1. The molecule has 2 aliphatic heterocycles. The van der Waals surface area contributed by atoms with Gasteiger partial charge in [-0.2, -0.15) is 0 Å². The number of hydrogen-bond acceptors (Lipinski definition) is 3. The van der Waals surface area contributed by atoms with Crippen molar-refractivity contribution in [2.24, 2.45) is 5.92 Å². The maximum Gasteiger partial charge on any atom is 0.220 e. The van der Waals surface area contributed by atoms with E-state index in [1.807, 2.05) is 0 Å². The quantitative estimate of drug-likeness (QED) is 0.822. The molecular weight excluding hydrogens is 336 g/mol. The highest BCUT2D eigenvalue weighted by molar-refractivity contribution is 5.76. The van der Waals surface area contributed by atoms with Gasteiger partial charge < -0.3 is 15.4 Å². The van der Waals surface area contributed by atoms with Crippen LogP contribution in [0, 0.1) is 5.92 Å². The maximum absolute atomic E-state index is 12.1. The van der Waals surface area contributed by atoms with Crippen LogP contribution in [-0.4, -0.2) is 25.6 Å². The summed E-state index contributed by atoms with van der Waals surface area (Å²) < 4.78 is 5.58. The van der Waals surface area contributed by atoms with E-state index in [1.54, 1.807) is 0 Å². The number of nitrogens with one attached hydrogen (secondary N) is 2. The van der Waals surface area contributed by atoms with Gasteiger partial charge in [0.05, 0.1) is 6.61 Å². The molecule has 0 atom stereocenters. The van der Waals surface area contributed by atoms with Crippen LogP contribution in [0.5, 0.6) is 5.75 Å². The van der Waals surface area contributed by atoms with Gasteiger partial charge in [-0.3, -0.25) is 4.79 Å². The third-order valence-electron chi connectivity index (χ3n) is 5.70. The van der Waals surface area contributed by atoms with Crippen molar-refractivity contribution in [2.45, 2.75) is 38.6 Å². The maximum atomic E-state index is 12.1. The van der Waals surface area contributed by atoms with Gasteiger partial charge in [0.25, 0.3) is 0 Å². The number of amides is 1. The van der Waals surface area contributed by atoms with Crippen molar-refractivity contribution in [1.29, 1.82) is 0 Å². The largest absolute Gasteiger partial charge is 0.493 e. The molecule has 0 saturated carbocycles. The minimum atomic E-state index is 0.163. The van der Waals surface area contributed by atoms with Crippen LogP contribution in [0.1, 0.15) is 36.8 Å². The van der Waals surface area contributed by atoms with Gasteiger partial charge in [-0.25, -0.2) is 0 Å². The van der Waals surface area contributed by atoms with Crippen LogP contribution in [0.15, 0.2) is 42.5 Å². The summed E-state index contributed by atoms with van der Waals surface area (Å²) in [5, 5.41) is 6.43. The number of fused-ring (bicyclic) bond motifs is 1. The second-order valence-corrected chi connectivity index (χ2v) is 7.63. The zero-order chi connectivity index (χ0) is 18.5. The Bertz CT molecular complexity index is 779. The lowest BCUT2D eigenvalue weighted by molar-refractivity contribution is -0.121. The van der Waals surface area contributed by atoms with Crippen LogP contribution in [0.4, 0.5) is 0 Å². The summed E-state index contributed by atoms with van der Waals surface area (Å²) in [7, 11) is 0. The molecule has 0 unspecified atom stereocenters. The first-order valence-electron chi connectivity index (χ1n) is 10.1. The normalized spacial score (nSPS) is 16.6. The Labute approximate surface area is 161 Å². The van der Waals surface area contributed by atoms with Gasteiger partial charge in [0.15, 0.2) is 0 Å². The monoisotopic (exact) mass is 364 g/mol. The van der Waals surface area contributed by atoms with Gasteiger partial charge in [-0.05, 0) is 72.7 Å². The van der Waals surface area contributed by atoms with Gasteiger partial charge in [0, 0.05) is 19.4 Å². The summed E-state index contributed by atoms with van der Waals surface area (Å²) in [6.07, 6.45) is 5.03. The Morgan fingerprint density at radius 2 is 1.85 bits per heavy atom. The van der Waals surface area contributed by atoms with Crippen LogP contribution in [-0.2, 0) is 17.8 Å². The molecule has 4 heteroatoms. The molecule has 1 amide bonds. The van der Waals surface area contributed by atoms with Crippen molar-refractivity contribution < 1.29 is 9.53 Å². The SMILES string of the molecule is O=C(CCC1CCNCC1)NCc1ccc(-c2ccc3c(c2)CCO3)cc1. The van der Waals surface area contributed by atoms with Gasteiger partial charge >= 0.3 is 0 Å². The van der Waals surface area contributed by atoms with Crippen molar-refractivity contribution in [1.82, 2.24) is 10.6 Å². The minimum Gasteiger partial charge on any atom is -0.493 e. The Morgan fingerprint density at radius 3 is 2.67 bits per heavy atom. The fourth-order valence-corrected chi connectivity index (χ4v) is 3.98. The molecule has 27 heavy (non-hydrogen) atoms. The van der Waals surface area contributed by atoms with E-state index in [1.165, 1.54) is 29.5 Å². The highest BCUT2D eigenvalue weighted by atomic mass is 16.5. The van der Waals surface area contributed by atoms with Gasteiger partial charge in [0.2, 0.25) is 5.91 Å². The minimum absolute atomic E-state index is 0.163. The standard InChI is InChI=1S/C23H28N2O2/c26-23(8-3-17-9-12-24-13-10-17)25-16-18-1-4-19(5-2-18)20-6-7-22-21(15-20)11-14-27-22/h1-2,4-7,15,17,24H,3,8-14,16H2,(H,25,26). The molecular formula is C23H28N2O2. The smallest absolute Gasteiger partial charge is 0.220 e.